The van der Waals surface area contributed by atoms with Crippen molar-refractivity contribution in [2.45, 2.75) is 130 Å². The summed E-state index contributed by atoms with van der Waals surface area (Å²) in [6.07, 6.45) is -9.11. The van der Waals surface area contributed by atoms with Crippen LogP contribution < -0.4 is 5.32 Å². The Morgan fingerprint density at radius 1 is 0.593 bits per heavy atom. The number of hydrogen-bond acceptors (Lipinski definition) is 22. The van der Waals surface area contributed by atoms with Gasteiger partial charge in [0.05, 0.1) is 25.5 Å². The van der Waals surface area contributed by atoms with E-state index in [-0.39, 0.29) is 24.5 Å². The molecule has 1 N–H and O–H groups in total. The maximum Gasteiger partial charge on any atom is 0.303 e. The molecule has 0 aliphatic carbocycles. The molecule has 0 radical (unpaired) electrons. The third-order valence-electron chi connectivity index (χ3n) is 8.16. The summed E-state index contributed by atoms with van der Waals surface area (Å²) in [6, 6.07) is -1.19. The number of carbonyl (C=O) groups excluding carboxylic acids is 8. The summed E-state index contributed by atoms with van der Waals surface area (Å²) in [7, 11) is 0. The van der Waals surface area contributed by atoms with Crippen LogP contribution in [0.3, 0.4) is 0 Å². The Hall–Kier alpha value is -6.08. The van der Waals surface area contributed by atoms with Crippen LogP contribution in [0.5, 0.6) is 0 Å². The molecule has 0 spiro atoms. The van der Waals surface area contributed by atoms with E-state index in [2.05, 4.69) is 25.9 Å². The zero-order chi connectivity index (χ0) is 43.6. The van der Waals surface area contributed by atoms with Crippen molar-refractivity contribution in [1.82, 2.24) is 35.3 Å². The van der Waals surface area contributed by atoms with E-state index >= 15 is 0 Å². The fourth-order valence-corrected chi connectivity index (χ4v) is 6.18. The van der Waals surface area contributed by atoms with E-state index in [0.29, 0.717) is 0 Å². The molecule has 0 bridgehead atoms. The first kappa shape index (κ1) is 45.6. The molecule has 4 rings (SSSR count). The maximum atomic E-state index is 12.4. The van der Waals surface area contributed by atoms with Gasteiger partial charge in [-0.05, 0) is 0 Å². The number of ether oxygens (including phenoxy) is 10. The minimum absolute atomic E-state index is 0.0378. The van der Waals surface area contributed by atoms with Crippen LogP contribution in [0.2, 0.25) is 0 Å². The molecule has 0 saturated carbocycles. The van der Waals surface area contributed by atoms with Crippen LogP contribution in [0.15, 0.2) is 12.4 Å². The zero-order valence-corrected chi connectivity index (χ0v) is 33.3. The minimum atomic E-state index is -1.46. The molecule has 2 aromatic rings. The molecule has 2 aliphatic heterocycles. The summed E-state index contributed by atoms with van der Waals surface area (Å²) in [5, 5.41) is 19.1. The number of amides is 1. The number of hydrogen-bond donors (Lipinski definition) is 1. The van der Waals surface area contributed by atoms with Gasteiger partial charge in [-0.15, -0.1) is 10.2 Å². The van der Waals surface area contributed by atoms with Gasteiger partial charge >= 0.3 is 41.8 Å². The molecule has 25 heteroatoms. The van der Waals surface area contributed by atoms with Gasteiger partial charge < -0.3 is 52.7 Å². The van der Waals surface area contributed by atoms with Gasteiger partial charge in [0.15, 0.2) is 43.0 Å². The predicted octanol–water partition coefficient (Wildman–Crippen LogP) is -1.65. The zero-order valence-electron chi connectivity index (χ0n) is 33.3. The topological polar surface area (TPSA) is 302 Å². The standard InChI is InChI=1S/C34H45N7O18/c1-15(42)35-27-30(55-20(6)47)28(53-18(4)45)25(13-50-16(2)43)58-33(27)41-11-23(36-39-41)9-40-10-24(37-38-40)12-52-34-32(57-22(8)49)31(56-21(7)48)29(54-19(5)46)26(59-34)14-51-17(3)44/h10-11,25-34H,9,12-14H2,1-8H3,(H,35,42)/t25-,26-,27-,28-,29-,30-,31+,32+,33-,34+/m1/s1. The van der Waals surface area contributed by atoms with Gasteiger partial charge in [0.2, 0.25) is 5.91 Å². The lowest BCUT2D eigenvalue weighted by Crippen LogP contribution is -2.64. The largest absolute Gasteiger partial charge is 0.463 e. The van der Waals surface area contributed by atoms with Crippen LogP contribution >= 0.6 is 0 Å². The summed E-state index contributed by atoms with van der Waals surface area (Å²) in [5.41, 5.74) is 0.510. The molecule has 25 nitrogen and oxygen atoms in total. The van der Waals surface area contributed by atoms with Gasteiger partial charge in [0.1, 0.15) is 42.9 Å². The fourth-order valence-electron chi connectivity index (χ4n) is 6.18. The summed E-state index contributed by atoms with van der Waals surface area (Å²) >= 11 is 0. The van der Waals surface area contributed by atoms with Crippen LogP contribution in [0.4, 0.5) is 0 Å². The highest BCUT2D eigenvalue weighted by Gasteiger charge is 2.54. The number of aromatic nitrogens is 6. The molecule has 324 valence electrons. The molecular formula is C34H45N7O18. The predicted molar refractivity (Wildman–Crippen MR) is 185 cm³/mol. The van der Waals surface area contributed by atoms with Gasteiger partial charge in [-0.3, -0.25) is 38.4 Å². The third-order valence-corrected chi connectivity index (χ3v) is 8.16. The molecule has 59 heavy (non-hydrogen) atoms. The first-order valence-electron chi connectivity index (χ1n) is 17.9. The number of nitrogens with one attached hydrogen (secondary N) is 1. The van der Waals surface area contributed by atoms with E-state index in [1.54, 1.807) is 0 Å². The first-order valence-corrected chi connectivity index (χ1v) is 17.9. The molecule has 2 aromatic heterocycles. The third kappa shape index (κ3) is 13.2. The molecule has 0 unspecified atom stereocenters. The second kappa shape index (κ2) is 20.6. The first-order chi connectivity index (χ1) is 27.8. The molecular weight excluding hydrogens is 794 g/mol. The Morgan fingerprint density at radius 3 is 1.63 bits per heavy atom. The van der Waals surface area contributed by atoms with E-state index in [1.807, 2.05) is 0 Å². The molecule has 2 aliphatic rings. The highest BCUT2D eigenvalue weighted by molar-refractivity contribution is 5.74. The molecule has 1 amide bonds. The Morgan fingerprint density at radius 2 is 1.08 bits per heavy atom. The quantitative estimate of drug-likeness (QED) is 0.146. The maximum absolute atomic E-state index is 12.4. The van der Waals surface area contributed by atoms with Crippen molar-refractivity contribution in [3.05, 3.63) is 23.8 Å². The average Bonchev–Trinajstić information content (AvgIpc) is 3.78. The highest BCUT2D eigenvalue weighted by atomic mass is 16.7. The summed E-state index contributed by atoms with van der Waals surface area (Å²) in [6.45, 7) is 7.81. The highest BCUT2D eigenvalue weighted by Crippen LogP contribution is 2.33. The van der Waals surface area contributed by atoms with Gasteiger partial charge in [-0.1, -0.05) is 10.4 Å². The van der Waals surface area contributed by atoms with E-state index in [0.717, 1.165) is 48.5 Å². The van der Waals surface area contributed by atoms with E-state index in [4.69, 9.17) is 47.4 Å². The van der Waals surface area contributed by atoms with Crippen LogP contribution in [0.1, 0.15) is 73.0 Å². The van der Waals surface area contributed by atoms with Crippen molar-refractivity contribution in [2.24, 2.45) is 0 Å². The summed E-state index contributed by atoms with van der Waals surface area (Å²) in [5.74, 6) is -5.85. The van der Waals surface area contributed by atoms with Gasteiger partial charge in [0, 0.05) is 55.4 Å². The van der Waals surface area contributed by atoms with Crippen molar-refractivity contribution in [3.8, 4) is 0 Å². The van der Waals surface area contributed by atoms with Gasteiger partial charge in [-0.25, -0.2) is 9.36 Å². The molecule has 2 fully saturated rings. The van der Waals surface area contributed by atoms with E-state index in [9.17, 15) is 38.4 Å². The Balaban J connectivity index is 1.55. The van der Waals surface area contributed by atoms with Gasteiger partial charge in [0.25, 0.3) is 0 Å². The van der Waals surface area contributed by atoms with Crippen molar-refractivity contribution in [2.75, 3.05) is 13.2 Å². The van der Waals surface area contributed by atoms with Crippen LogP contribution in [-0.2, 0) is 98.9 Å². The monoisotopic (exact) mass is 839 g/mol. The fraction of sp³-hybridized carbons (Fsp3) is 0.647. The number of esters is 7. The lowest BCUT2D eigenvalue weighted by atomic mass is 9.95. The lowest BCUT2D eigenvalue weighted by molar-refractivity contribution is -0.310. The molecule has 4 heterocycles. The number of carbonyl (C=O) groups is 8. The van der Waals surface area contributed by atoms with Gasteiger partial charge in [-0.2, -0.15) is 0 Å². The van der Waals surface area contributed by atoms with Crippen molar-refractivity contribution in [1.29, 1.82) is 0 Å². The Labute approximate surface area is 335 Å². The normalized spacial score (nSPS) is 26.4. The van der Waals surface area contributed by atoms with Crippen LogP contribution in [-0.4, -0.2) is 146 Å². The van der Waals surface area contributed by atoms with E-state index in [1.165, 1.54) is 28.7 Å². The van der Waals surface area contributed by atoms with E-state index < -0.39 is 122 Å². The smallest absolute Gasteiger partial charge is 0.303 e. The SMILES string of the molecule is CC(=O)N[C@@H]1[C@@H](OC(C)=O)[C@H](OC(C)=O)[C@@H](COC(C)=O)O[C@H]1n1cc(Cn2cc(CO[C@H]3O[C@H](COC(C)=O)[C@@H](OC(C)=O)[C@H](OC(C)=O)[C@@H]3OC(C)=O)nn2)nn1. The van der Waals surface area contributed by atoms with Crippen molar-refractivity contribution >= 4 is 47.7 Å². The van der Waals surface area contributed by atoms with Crippen LogP contribution in [0.25, 0.3) is 0 Å². The summed E-state index contributed by atoms with van der Waals surface area (Å²) < 4.78 is 58.0. The molecule has 10 atom stereocenters. The van der Waals surface area contributed by atoms with Crippen molar-refractivity contribution in [3.63, 3.8) is 0 Å². The number of nitrogens with zero attached hydrogens (tertiary/aromatic N) is 6. The lowest BCUT2D eigenvalue weighted by Gasteiger charge is -2.45. The van der Waals surface area contributed by atoms with Crippen molar-refractivity contribution < 1.29 is 85.7 Å². The molecule has 0 aromatic carbocycles. The molecule has 2 saturated heterocycles. The minimum Gasteiger partial charge on any atom is -0.463 e. The summed E-state index contributed by atoms with van der Waals surface area (Å²) in [4.78, 5) is 96.2. The Bertz CT molecular complexity index is 1870. The second-order valence-electron chi connectivity index (χ2n) is 13.2. The van der Waals surface area contributed by atoms with Crippen LogP contribution in [0, 0.1) is 0 Å². The second-order valence-corrected chi connectivity index (χ2v) is 13.2. The average molecular weight is 840 g/mol. The number of rotatable bonds is 16. The Kier molecular flexibility index (Phi) is 15.9.